The summed E-state index contributed by atoms with van der Waals surface area (Å²) in [4.78, 5) is 10.4. The zero-order valence-corrected chi connectivity index (χ0v) is 8.32. The van der Waals surface area contributed by atoms with Crippen LogP contribution in [-0.2, 0) is 24.4 Å². The van der Waals surface area contributed by atoms with Crippen LogP contribution in [-0.4, -0.2) is 26.9 Å². The fourth-order valence-electron chi connectivity index (χ4n) is 1.25. The van der Waals surface area contributed by atoms with Crippen molar-refractivity contribution in [2.45, 2.75) is 18.6 Å². The molecule has 1 aromatic rings. The highest BCUT2D eigenvalue weighted by molar-refractivity contribution is 5.73. The van der Waals surface area contributed by atoms with Gasteiger partial charge in [-0.05, 0) is 0 Å². The maximum atomic E-state index is 12.4. The number of halogens is 3. The van der Waals surface area contributed by atoms with Gasteiger partial charge in [-0.3, -0.25) is 9.48 Å². The van der Waals surface area contributed by atoms with E-state index in [1.165, 1.54) is 7.05 Å². The van der Waals surface area contributed by atoms with Crippen LogP contribution in [0.15, 0.2) is 6.20 Å². The molecule has 0 spiro atoms. The van der Waals surface area contributed by atoms with Crippen LogP contribution >= 0.6 is 0 Å². The second-order valence-electron chi connectivity index (χ2n) is 3.32. The van der Waals surface area contributed by atoms with Crippen LogP contribution in [0.3, 0.4) is 0 Å². The Bertz CT molecular complexity index is 400. The fraction of sp³-hybridized carbons (Fsp3) is 0.500. The first-order chi connectivity index (χ1) is 7.21. The van der Waals surface area contributed by atoms with Gasteiger partial charge in [0.2, 0.25) is 0 Å². The summed E-state index contributed by atoms with van der Waals surface area (Å²) in [6, 6.07) is -1.37. The first-order valence-corrected chi connectivity index (χ1v) is 4.30. The number of nitrogens with zero attached hydrogens (tertiary/aromatic N) is 2. The molecule has 1 rings (SSSR count). The summed E-state index contributed by atoms with van der Waals surface area (Å²) >= 11 is 0. The number of nitrogens with two attached hydrogens (primary N) is 1. The molecular weight excluding hydrogens is 227 g/mol. The van der Waals surface area contributed by atoms with Crippen LogP contribution in [0.2, 0.25) is 0 Å². The van der Waals surface area contributed by atoms with Gasteiger partial charge >= 0.3 is 12.1 Å². The van der Waals surface area contributed by atoms with E-state index in [2.05, 4.69) is 5.10 Å². The van der Waals surface area contributed by atoms with Gasteiger partial charge in [-0.25, -0.2) is 0 Å². The van der Waals surface area contributed by atoms with Crippen molar-refractivity contribution in [3.8, 4) is 0 Å². The van der Waals surface area contributed by atoms with Gasteiger partial charge in [0.25, 0.3) is 0 Å². The number of carbonyl (C=O) groups is 1. The summed E-state index contributed by atoms with van der Waals surface area (Å²) in [6.45, 7) is 0. The van der Waals surface area contributed by atoms with Crippen LogP contribution < -0.4 is 5.73 Å². The third-order valence-electron chi connectivity index (χ3n) is 1.93. The molecule has 5 nitrogen and oxygen atoms in total. The van der Waals surface area contributed by atoms with Crippen molar-refractivity contribution in [1.29, 1.82) is 0 Å². The van der Waals surface area contributed by atoms with E-state index in [9.17, 15) is 18.0 Å². The monoisotopic (exact) mass is 237 g/mol. The maximum absolute atomic E-state index is 12.4. The Balaban J connectivity index is 3.00. The zero-order chi connectivity index (χ0) is 12.5. The molecule has 0 radical (unpaired) electrons. The zero-order valence-electron chi connectivity index (χ0n) is 8.32. The van der Waals surface area contributed by atoms with Gasteiger partial charge in [0.05, 0.1) is 0 Å². The molecule has 1 aromatic heterocycles. The average Bonchev–Trinajstić information content (AvgIpc) is 2.45. The van der Waals surface area contributed by atoms with Gasteiger partial charge in [-0.1, -0.05) is 0 Å². The van der Waals surface area contributed by atoms with E-state index in [-0.39, 0.29) is 5.56 Å². The second-order valence-corrected chi connectivity index (χ2v) is 3.32. The van der Waals surface area contributed by atoms with E-state index in [0.29, 0.717) is 0 Å². The molecule has 90 valence electrons. The smallest absolute Gasteiger partial charge is 0.435 e. The number of carboxylic acids is 1. The standard InChI is InChI=1S/C8H10F3N3O2/c1-14-3-4(2-5(12)7(15)16)6(13-14)8(9,10)11/h3,5H,2,12H2,1H3,(H,15,16). The summed E-state index contributed by atoms with van der Waals surface area (Å²) in [5.41, 5.74) is 3.86. The number of alkyl halides is 3. The van der Waals surface area contributed by atoms with Gasteiger partial charge < -0.3 is 10.8 Å². The van der Waals surface area contributed by atoms with Gasteiger partial charge in [0, 0.05) is 25.2 Å². The molecule has 0 bridgehead atoms. The predicted octanol–water partition coefficient (Wildman–Crippen LogP) is 0.393. The highest BCUT2D eigenvalue weighted by Gasteiger charge is 2.37. The minimum atomic E-state index is -4.60. The molecule has 0 saturated heterocycles. The molecule has 1 atom stereocenters. The Kier molecular flexibility index (Phi) is 3.22. The van der Waals surface area contributed by atoms with Crippen LogP contribution in [0, 0.1) is 0 Å². The SMILES string of the molecule is Cn1cc(CC(N)C(=O)O)c(C(F)(F)F)n1. The van der Waals surface area contributed by atoms with Crippen LogP contribution in [0.25, 0.3) is 0 Å². The predicted molar refractivity (Wildman–Crippen MR) is 47.5 cm³/mol. The normalized spacial score (nSPS) is 13.8. The van der Waals surface area contributed by atoms with Crippen molar-refractivity contribution in [2.24, 2.45) is 12.8 Å². The largest absolute Gasteiger partial charge is 0.480 e. The minimum absolute atomic E-state index is 0.218. The van der Waals surface area contributed by atoms with Crippen LogP contribution in [0.4, 0.5) is 13.2 Å². The molecular formula is C8H10F3N3O2. The van der Waals surface area contributed by atoms with E-state index >= 15 is 0 Å². The van der Waals surface area contributed by atoms with E-state index in [1.54, 1.807) is 0 Å². The summed E-state index contributed by atoms with van der Waals surface area (Å²) in [5, 5.41) is 11.7. The fourth-order valence-corrected chi connectivity index (χ4v) is 1.25. The summed E-state index contributed by atoms with van der Waals surface area (Å²) < 4.78 is 38.3. The molecule has 16 heavy (non-hydrogen) atoms. The number of hydrogen-bond acceptors (Lipinski definition) is 3. The number of aliphatic carboxylic acids is 1. The summed E-state index contributed by atoms with van der Waals surface area (Å²) in [6.07, 6.45) is -3.89. The lowest BCUT2D eigenvalue weighted by Gasteiger charge is -2.08. The van der Waals surface area contributed by atoms with E-state index in [4.69, 9.17) is 10.8 Å². The Morgan fingerprint density at radius 3 is 2.69 bits per heavy atom. The lowest BCUT2D eigenvalue weighted by Crippen LogP contribution is -2.32. The van der Waals surface area contributed by atoms with Gasteiger partial charge in [-0.2, -0.15) is 18.3 Å². The molecule has 1 unspecified atom stereocenters. The molecule has 0 amide bonds. The molecule has 0 aliphatic heterocycles. The molecule has 3 N–H and O–H groups in total. The summed E-state index contributed by atoms with van der Waals surface area (Å²) in [5.74, 6) is -1.35. The lowest BCUT2D eigenvalue weighted by atomic mass is 10.1. The number of carboxylic acid groups (broad SMARTS) is 1. The van der Waals surface area contributed by atoms with Gasteiger partial charge in [0.15, 0.2) is 5.69 Å². The van der Waals surface area contributed by atoms with Crippen molar-refractivity contribution in [3.63, 3.8) is 0 Å². The number of rotatable bonds is 3. The molecule has 0 fully saturated rings. The first kappa shape index (κ1) is 12.5. The third-order valence-corrected chi connectivity index (χ3v) is 1.93. The van der Waals surface area contributed by atoms with Crippen molar-refractivity contribution < 1.29 is 23.1 Å². The number of aromatic nitrogens is 2. The lowest BCUT2D eigenvalue weighted by molar-refractivity contribution is -0.143. The second kappa shape index (κ2) is 4.12. The Morgan fingerprint density at radius 2 is 2.25 bits per heavy atom. The van der Waals surface area contributed by atoms with E-state index in [0.717, 1.165) is 10.9 Å². The highest BCUT2D eigenvalue weighted by atomic mass is 19.4. The Hall–Kier alpha value is -1.57. The molecule has 0 saturated carbocycles. The topological polar surface area (TPSA) is 81.1 Å². The third kappa shape index (κ3) is 2.72. The average molecular weight is 237 g/mol. The van der Waals surface area contributed by atoms with Crippen LogP contribution in [0.5, 0.6) is 0 Å². The molecule has 1 heterocycles. The van der Waals surface area contributed by atoms with Crippen molar-refractivity contribution in [1.82, 2.24) is 9.78 Å². The van der Waals surface area contributed by atoms with Crippen molar-refractivity contribution in [3.05, 3.63) is 17.5 Å². The highest BCUT2D eigenvalue weighted by Crippen LogP contribution is 2.30. The van der Waals surface area contributed by atoms with Crippen molar-refractivity contribution >= 4 is 5.97 Å². The number of aryl methyl sites for hydroxylation is 1. The maximum Gasteiger partial charge on any atom is 0.435 e. The number of hydrogen-bond donors (Lipinski definition) is 2. The van der Waals surface area contributed by atoms with E-state index < -0.39 is 30.3 Å². The minimum Gasteiger partial charge on any atom is -0.480 e. The van der Waals surface area contributed by atoms with Crippen molar-refractivity contribution in [2.75, 3.05) is 0 Å². The quantitative estimate of drug-likeness (QED) is 0.797. The van der Waals surface area contributed by atoms with Gasteiger partial charge in [0.1, 0.15) is 6.04 Å². The molecule has 8 heteroatoms. The molecule has 0 aliphatic carbocycles. The molecule has 0 aromatic carbocycles. The Morgan fingerprint density at radius 1 is 1.69 bits per heavy atom. The van der Waals surface area contributed by atoms with Crippen LogP contribution in [0.1, 0.15) is 11.3 Å². The Labute approximate surface area is 88.7 Å². The van der Waals surface area contributed by atoms with Gasteiger partial charge in [-0.15, -0.1) is 0 Å². The first-order valence-electron chi connectivity index (χ1n) is 4.30. The van der Waals surface area contributed by atoms with E-state index in [1.807, 2.05) is 0 Å². The molecule has 0 aliphatic rings. The summed E-state index contributed by atoms with van der Waals surface area (Å²) in [7, 11) is 1.32.